The summed E-state index contributed by atoms with van der Waals surface area (Å²) in [5, 5.41) is 6.67. The summed E-state index contributed by atoms with van der Waals surface area (Å²) >= 11 is 1.34. The maximum atomic E-state index is 12.9. The highest BCUT2D eigenvalue weighted by Gasteiger charge is 2.15. The van der Waals surface area contributed by atoms with Crippen LogP contribution in [0.15, 0.2) is 71.5 Å². The van der Waals surface area contributed by atoms with Crippen LogP contribution in [0.4, 0.5) is 0 Å². The number of thiazole rings is 1. The minimum absolute atomic E-state index is 0.165. The molecule has 3 aromatic carbocycles. The van der Waals surface area contributed by atoms with Gasteiger partial charge in [0.25, 0.3) is 5.56 Å². The molecule has 5 nitrogen and oxygen atoms in total. The van der Waals surface area contributed by atoms with Gasteiger partial charge in [-0.05, 0) is 34.5 Å². The first-order chi connectivity index (χ1) is 13.7. The summed E-state index contributed by atoms with van der Waals surface area (Å²) in [6.07, 6.45) is 1.91. The van der Waals surface area contributed by atoms with E-state index in [1.54, 1.807) is 7.11 Å². The van der Waals surface area contributed by atoms with Crippen molar-refractivity contribution >= 4 is 33.1 Å². The maximum Gasteiger partial charge on any atom is 0.291 e. The van der Waals surface area contributed by atoms with Crippen molar-refractivity contribution in [3.8, 4) is 17.1 Å². The molecule has 0 saturated carbocycles. The first-order valence-electron chi connectivity index (χ1n) is 8.77. The number of aromatic nitrogens is 3. The number of para-hydroxylation sites is 1. The molecule has 0 radical (unpaired) electrons. The van der Waals surface area contributed by atoms with Gasteiger partial charge in [0.1, 0.15) is 5.75 Å². The number of fused-ring (bicyclic) bond motifs is 2. The smallest absolute Gasteiger partial charge is 0.291 e. The van der Waals surface area contributed by atoms with Crippen molar-refractivity contribution in [2.45, 2.75) is 0 Å². The molecule has 0 unspecified atom stereocenters. The zero-order valence-electron chi connectivity index (χ0n) is 15.0. The van der Waals surface area contributed by atoms with Crippen molar-refractivity contribution in [3.05, 3.63) is 87.2 Å². The predicted molar refractivity (Wildman–Crippen MR) is 112 cm³/mol. The second kappa shape index (κ2) is 6.58. The number of hydrogen-bond acceptors (Lipinski definition) is 5. The van der Waals surface area contributed by atoms with Gasteiger partial charge in [-0.15, -0.1) is 5.10 Å². The van der Waals surface area contributed by atoms with E-state index in [-0.39, 0.29) is 5.56 Å². The van der Waals surface area contributed by atoms with Crippen molar-refractivity contribution in [2.24, 2.45) is 0 Å². The van der Waals surface area contributed by atoms with Gasteiger partial charge in [-0.25, -0.2) is 0 Å². The van der Waals surface area contributed by atoms with Crippen LogP contribution in [0.3, 0.4) is 0 Å². The molecule has 2 aromatic heterocycles. The van der Waals surface area contributed by atoms with Gasteiger partial charge in [0.2, 0.25) is 4.96 Å². The summed E-state index contributed by atoms with van der Waals surface area (Å²) in [6, 6.07) is 21.7. The minimum Gasteiger partial charge on any atom is -0.496 e. The molecule has 6 heteroatoms. The Bertz CT molecular complexity index is 1430. The fourth-order valence-electron chi connectivity index (χ4n) is 3.29. The molecule has 0 fully saturated rings. The van der Waals surface area contributed by atoms with Crippen molar-refractivity contribution in [2.75, 3.05) is 7.11 Å². The summed E-state index contributed by atoms with van der Waals surface area (Å²) in [5.41, 5.74) is 1.60. The number of nitrogens with zero attached hydrogens (tertiary/aromatic N) is 3. The van der Waals surface area contributed by atoms with Gasteiger partial charge in [-0.1, -0.05) is 65.9 Å². The summed E-state index contributed by atoms with van der Waals surface area (Å²) in [4.78, 5) is 18.0. The summed E-state index contributed by atoms with van der Waals surface area (Å²) in [7, 11) is 1.60. The quantitative estimate of drug-likeness (QED) is 0.477. The third kappa shape index (κ3) is 2.66. The topological polar surface area (TPSA) is 56.5 Å². The standard InChI is InChI=1S/C22H15N3O2S/c1-27-18-12-5-4-11-17(18)20-23-22-25(24-20)21(26)19(28-22)13-15-9-6-8-14-7-2-3-10-16(14)15/h2-13H,1H3/b19-13-. The van der Waals surface area contributed by atoms with Gasteiger partial charge in [0.05, 0.1) is 17.2 Å². The van der Waals surface area contributed by atoms with E-state index in [2.05, 4.69) is 28.3 Å². The van der Waals surface area contributed by atoms with E-state index in [0.717, 1.165) is 21.9 Å². The number of methoxy groups -OCH3 is 1. The molecule has 0 atom stereocenters. The van der Waals surface area contributed by atoms with Crippen LogP contribution in [-0.4, -0.2) is 21.7 Å². The lowest BCUT2D eigenvalue weighted by atomic mass is 10.0. The Morgan fingerprint density at radius 1 is 1.00 bits per heavy atom. The fourth-order valence-corrected chi connectivity index (χ4v) is 4.19. The van der Waals surface area contributed by atoms with E-state index in [1.165, 1.54) is 15.9 Å². The van der Waals surface area contributed by atoms with E-state index < -0.39 is 0 Å². The van der Waals surface area contributed by atoms with E-state index in [4.69, 9.17) is 4.74 Å². The summed E-state index contributed by atoms with van der Waals surface area (Å²) in [5.74, 6) is 1.16. The normalized spacial score (nSPS) is 12.1. The lowest BCUT2D eigenvalue weighted by Gasteiger charge is -2.03. The molecule has 0 amide bonds. The van der Waals surface area contributed by atoms with E-state index in [9.17, 15) is 4.79 Å². The van der Waals surface area contributed by atoms with Gasteiger partial charge in [0, 0.05) is 0 Å². The molecule has 5 rings (SSSR count). The Hall–Kier alpha value is -3.51. The van der Waals surface area contributed by atoms with Gasteiger partial charge < -0.3 is 4.74 Å². The summed E-state index contributed by atoms with van der Waals surface area (Å²) < 4.78 is 7.35. The predicted octanol–water partition coefficient (Wildman–Crippen LogP) is 3.53. The molecule has 0 aliphatic heterocycles. The largest absolute Gasteiger partial charge is 0.496 e. The Morgan fingerprint density at radius 2 is 1.79 bits per heavy atom. The van der Waals surface area contributed by atoms with E-state index in [0.29, 0.717) is 21.1 Å². The van der Waals surface area contributed by atoms with Crippen molar-refractivity contribution in [1.82, 2.24) is 14.6 Å². The van der Waals surface area contributed by atoms with Crippen molar-refractivity contribution < 1.29 is 4.74 Å². The minimum atomic E-state index is -0.165. The molecular formula is C22H15N3O2S. The van der Waals surface area contributed by atoms with Gasteiger partial charge >= 0.3 is 0 Å². The number of rotatable bonds is 3. The van der Waals surface area contributed by atoms with Gasteiger partial charge in [-0.3, -0.25) is 4.79 Å². The maximum absolute atomic E-state index is 12.9. The summed E-state index contributed by atoms with van der Waals surface area (Å²) in [6.45, 7) is 0. The monoisotopic (exact) mass is 385 g/mol. The molecule has 0 aliphatic rings. The Balaban J connectivity index is 1.67. The third-order valence-corrected chi connectivity index (χ3v) is 5.60. The highest BCUT2D eigenvalue weighted by molar-refractivity contribution is 7.15. The number of benzene rings is 3. The van der Waals surface area contributed by atoms with Crippen molar-refractivity contribution in [3.63, 3.8) is 0 Å². The van der Waals surface area contributed by atoms with E-state index in [1.807, 2.05) is 54.6 Å². The molecule has 136 valence electrons. The molecule has 0 N–H and O–H groups in total. The van der Waals surface area contributed by atoms with Crippen LogP contribution in [0.2, 0.25) is 0 Å². The lowest BCUT2D eigenvalue weighted by Crippen LogP contribution is -2.23. The Morgan fingerprint density at radius 3 is 2.64 bits per heavy atom. The number of hydrogen-bond donors (Lipinski definition) is 0. The van der Waals surface area contributed by atoms with Crippen LogP contribution in [0.5, 0.6) is 5.75 Å². The first kappa shape index (κ1) is 16.6. The van der Waals surface area contributed by atoms with Crippen LogP contribution in [0, 0.1) is 0 Å². The van der Waals surface area contributed by atoms with E-state index >= 15 is 0 Å². The highest BCUT2D eigenvalue weighted by Crippen LogP contribution is 2.27. The molecule has 2 heterocycles. The van der Waals surface area contributed by atoms with Gasteiger partial charge in [-0.2, -0.15) is 9.50 Å². The van der Waals surface area contributed by atoms with Crippen molar-refractivity contribution in [1.29, 1.82) is 0 Å². The molecule has 0 spiro atoms. The average Bonchev–Trinajstić information content (AvgIpc) is 3.28. The van der Waals surface area contributed by atoms with Crippen LogP contribution < -0.4 is 14.8 Å². The molecule has 0 aliphatic carbocycles. The molecule has 5 aromatic rings. The second-order valence-corrected chi connectivity index (χ2v) is 7.32. The average molecular weight is 385 g/mol. The second-order valence-electron chi connectivity index (χ2n) is 6.31. The van der Waals surface area contributed by atoms with Crippen LogP contribution in [-0.2, 0) is 0 Å². The fraction of sp³-hybridized carbons (Fsp3) is 0.0455. The first-order valence-corrected chi connectivity index (χ1v) is 9.59. The number of ether oxygens (including phenoxy) is 1. The Labute approximate surface area is 164 Å². The van der Waals surface area contributed by atoms with Gasteiger partial charge in [0.15, 0.2) is 5.82 Å². The van der Waals surface area contributed by atoms with Crippen LogP contribution >= 0.6 is 11.3 Å². The van der Waals surface area contributed by atoms with Crippen LogP contribution in [0.25, 0.3) is 33.2 Å². The Kier molecular flexibility index (Phi) is 3.91. The SMILES string of the molecule is COc1ccccc1-c1nc2s/c(=C\c3cccc4ccccc34)c(=O)n2n1. The third-order valence-electron chi connectivity index (χ3n) is 4.64. The highest BCUT2D eigenvalue weighted by atomic mass is 32.1. The molecular weight excluding hydrogens is 370 g/mol. The molecule has 0 bridgehead atoms. The zero-order valence-corrected chi connectivity index (χ0v) is 15.8. The lowest BCUT2D eigenvalue weighted by molar-refractivity contribution is 0.416. The molecule has 0 saturated heterocycles. The molecule has 28 heavy (non-hydrogen) atoms. The zero-order chi connectivity index (χ0) is 19.1. The van der Waals surface area contributed by atoms with Crippen LogP contribution in [0.1, 0.15) is 5.56 Å².